The topological polar surface area (TPSA) is 537 Å². The van der Waals surface area contributed by atoms with Gasteiger partial charge >= 0.3 is 17.9 Å². The van der Waals surface area contributed by atoms with Crippen LogP contribution < -0.4 is 64.6 Å². The fourth-order valence-electron chi connectivity index (χ4n) is 9.85. The number of hydrogen-bond donors (Lipinski definition) is 18. The van der Waals surface area contributed by atoms with Crippen molar-refractivity contribution >= 4 is 106 Å². The number of aliphatic hydroxyl groups is 1. The molecule has 33 nitrogen and oxygen atoms in total. The summed E-state index contributed by atoms with van der Waals surface area (Å²) in [4.78, 5) is 197. The molecule has 10 atom stereocenters. The van der Waals surface area contributed by atoms with Crippen molar-refractivity contribution in [1.82, 2.24) is 68.1 Å². The zero-order chi connectivity index (χ0) is 68.1. The van der Waals surface area contributed by atoms with Crippen LogP contribution in [0.3, 0.4) is 0 Å². The maximum absolute atomic E-state index is 14.9. The molecule has 34 heteroatoms. The minimum absolute atomic E-state index is 0.123. The van der Waals surface area contributed by atoms with Crippen molar-refractivity contribution in [2.75, 3.05) is 25.2 Å². The zero-order valence-electron chi connectivity index (χ0n) is 50.7. The van der Waals surface area contributed by atoms with E-state index in [0.717, 1.165) is 0 Å². The molecule has 20 N–H and O–H groups in total. The van der Waals surface area contributed by atoms with Gasteiger partial charge in [0.2, 0.25) is 65.0 Å². The van der Waals surface area contributed by atoms with Crippen LogP contribution in [-0.4, -0.2) is 204 Å². The lowest BCUT2D eigenvalue weighted by molar-refractivity contribution is -0.144. The summed E-state index contributed by atoms with van der Waals surface area (Å²) >= 11 is 1.25. The van der Waals surface area contributed by atoms with Gasteiger partial charge in [-0.25, -0.2) is 9.78 Å². The molecule has 1 fully saturated rings. The summed E-state index contributed by atoms with van der Waals surface area (Å²) in [5, 5.41) is 64.1. The Labute approximate surface area is 536 Å². The van der Waals surface area contributed by atoms with E-state index in [1.54, 1.807) is 67.0 Å². The number of benzene rings is 2. The van der Waals surface area contributed by atoms with Crippen molar-refractivity contribution in [2.45, 2.75) is 150 Å². The number of rotatable bonds is 41. The van der Waals surface area contributed by atoms with Gasteiger partial charge in [-0.15, -0.1) is 0 Å². The molecular formula is C59H79N15O18S. The molecule has 1 aliphatic rings. The molecule has 0 saturated carbocycles. The van der Waals surface area contributed by atoms with Crippen molar-refractivity contribution in [1.29, 1.82) is 0 Å². The third kappa shape index (κ3) is 24.6. The van der Waals surface area contributed by atoms with Gasteiger partial charge in [-0.2, -0.15) is 11.8 Å². The van der Waals surface area contributed by atoms with E-state index in [1.165, 1.54) is 24.3 Å². The van der Waals surface area contributed by atoms with Gasteiger partial charge in [0, 0.05) is 73.9 Å². The largest absolute Gasteiger partial charge is 0.481 e. The van der Waals surface area contributed by atoms with Crippen LogP contribution in [-0.2, 0) is 86.4 Å². The second-order valence-electron chi connectivity index (χ2n) is 21.9. The number of nitrogens with one attached hydrogen (secondary N) is 12. The number of fused-ring (bicyclic) bond motifs is 1. The Kier molecular flexibility index (Phi) is 29.7. The Hall–Kier alpha value is -9.96. The van der Waals surface area contributed by atoms with Crippen LogP contribution in [0, 0.1) is 0 Å². The number of nitrogens with zero attached hydrogens (tertiary/aromatic N) is 1. The van der Waals surface area contributed by atoms with E-state index in [0.29, 0.717) is 47.1 Å². The number of para-hydroxylation sites is 1. The first kappa shape index (κ1) is 73.8. The summed E-state index contributed by atoms with van der Waals surface area (Å²) in [7, 11) is 0. The molecule has 4 aromatic rings. The molecule has 0 unspecified atom stereocenters. The predicted octanol–water partition coefficient (Wildman–Crippen LogP) is -3.88. The lowest BCUT2D eigenvalue weighted by atomic mass is 10.0. The number of amides is 11. The van der Waals surface area contributed by atoms with E-state index in [2.05, 4.69) is 62.8 Å². The fourth-order valence-corrected chi connectivity index (χ4v) is 10.3. The highest BCUT2D eigenvalue weighted by Crippen LogP contribution is 2.20. The van der Waals surface area contributed by atoms with E-state index in [9.17, 15) is 87.5 Å². The molecule has 0 aliphatic carbocycles. The number of hydrogen-bond acceptors (Lipinski definition) is 18. The Morgan fingerprint density at radius 1 is 0.538 bits per heavy atom. The van der Waals surface area contributed by atoms with Gasteiger partial charge in [0.25, 0.3) is 0 Å². The molecule has 0 radical (unpaired) electrons. The van der Waals surface area contributed by atoms with Gasteiger partial charge < -0.3 is 95.0 Å². The molecule has 3 heterocycles. The Bertz CT molecular complexity index is 3270. The normalized spacial score (nSPS) is 15.6. The standard InChI is InChI=1S/C59H79N15O18S/c1-93-23-21-41(70-52(84)39(15-19-48(78)79)66-51(83)37(13-17-46(60)76)68-58(90)44(26-33-28-62-30-65-33)73-50(82)36-12-7-22-63-36)55(87)72-43(25-32-27-64-35-11-6-5-10-34(32)35)57(89)67-38(14-18-47(61)77)53(85)71-42(24-31-8-3-2-4-9-31)56(88)69-40(16-20-49(80)81)54(86)74-45(29-75)59(91)92/h2-6,8-11,27-28,30,36-45,63-64,75H,7,12-26,29H2,1H3,(H2,60,76)(H2,61,77)(H,62,65)(H,66,83)(H,67,89)(H,68,90)(H,69,88)(H,70,84)(H,71,85)(H,72,87)(H,73,82)(H,74,86)(H,78,79)(H,80,81)(H,91,92)/t36-,37-,38-,39-,40-,41-,42-,43-,44-,45-/m0/s1. The molecule has 2 aromatic carbocycles. The number of carboxylic acids is 3. The van der Waals surface area contributed by atoms with Crippen molar-refractivity contribution in [3.05, 3.63) is 90.1 Å². The first-order valence-corrected chi connectivity index (χ1v) is 31.1. The third-order valence-electron chi connectivity index (χ3n) is 14.9. The van der Waals surface area contributed by atoms with Crippen molar-refractivity contribution in [2.24, 2.45) is 11.5 Å². The van der Waals surface area contributed by atoms with Gasteiger partial charge in [-0.1, -0.05) is 48.5 Å². The summed E-state index contributed by atoms with van der Waals surface area (Å²) in [6.45, 7) is -0.509. The van der Waals surface area contributed by atoms with Crippen LogP contribution in [0.5, 0.6) is 0 Å². The highest BCUT2D eigenvalue weighted by Gasteiger charge is 2.37. The van der Waals surface area contributed by atoms with Crippen molar-refractivity contribution in [3.8, 4) is 0 Å². The molecule has 5 rings (SSSR count). The summed E-state index contributed by atoms with van der Waals surface area (Å²) in [6, 6.07) is -0.517. The second kappa shape index (κ2) is 37.4. The highest BCUT2D eigenvalue weighted by molar-refractivity contribution is 7.98. The average molecular weight is 1320 g/mol. The van der Waals surface area contributed by atoms with E-state index >= 15 is 0 Å². The average Bonchev–Trinajstić information content (AvgIpc) is 1.86. The number of imidazole rings is 1. The minimum atomic E-state index is -1.85. The monoisotopic (exact) mass is 1320 g/mol. The van der Waals surface area contributed by atoms with E-state index in [4.69, 9.17) is 11.5 Å². The lowest BCUT2D eigenvalue weighted by Crippen LogP contribution is -2.61. The number of aliphatic carboxylic acids is 3. The third-order valence-corrected chi connectivity index (χ3v) is 15.5. The molecule has 11 amide bonds. The van der Waals surface area contributed by atoms with Gasteiger partial charge in [0.05, 0.1) is 19.0 Å². The minimum Gasteiger partial charge on any atom is -0.481 e. The molecule has 1 aliphatic heterocycles. The molecule has 504 valence electrons. The predicted molar refractivity (Wildman–Crippen MR) is 331 cm³/mol. The molecular weight excluding hydrogens is 1240 g/mol. The summed E-state index contributed by atoms with van der Waals surface area (Å²) in [5.74, 6) is -15.1. The lowest BCUT2D eigenvalue weighted by Gasteiger charge is -2.28. The van der Waals surface area contributed by atoms with Gasteiger partial charge in [-0.05, 0) is 80.7 Å². The van der Waals surface area contributed by atoms with E-state index in [1.807, 2.05) is 5.32 Å². The number of carbonyl (C=O) groups is 14. The van der Waals surface area contributed by atoms with E-state index in [-0.39, 0.29) is 31.4 Å². The molecule has 0 spiro atoms. The summed E-state index contributed by atoms with van der Waals surface area (Å²) in [5.41, 5.74) is 12.9. The van der Waals surface area contributed by atoms with Crippen LogP contribution in [0.25, 0.3) is 10.9 Å². The number of H-pyrrole nitrogens is 2. The van der Waals surface area contributed by atoms with Crippen LogP contribution >= 0.6 is 11.8 Å². The molecule has 2 aromatic heterocycles. The maximum atomic E-state index is 14.9. The van der Waals surface area contributed by atoms with Crippen LogP contribution in [0.4, 0.5) is 0 Å². The highest BCUT2D eigenvalue weighted by atomic mass is 32.2. The van der Waals surface area contributed by atoms with Crippen LogP contribution in [0.1, 0.15) is 87.4 Å². The van der Waals surface area contributed by atoms with Gasteiger partial charge in [0.1, 0.15) is 54.4 Å². The SMILES string of the molecule is CSCC[C@H](NC(=O)[C@H](CCC(=O)O)NC(=O)[C@H](CCC(N)=O)NC(=O)[C@H](Cc1cnc[nH]1)NC(=O)[C@@H]1CCCN1)C(=O)N[C@@H](Cc1c[nH]c2ccccc12)C(=O)N[C@@H](CCC(N)=O)C(=O)N[C@@H](Cc1ccccc1)C(=O)N[C@@H](CCC(=O)O)C(=O)N[C@@H](CO)C(=O)O. The molecule has 93 heavy (non-hydrogen) atoms. The summed E-state index contributed by atoms with van der Waals surface area (Å²) < 4.78 is 0. The zero-order valence-corrected chi connectivity index (χ0v) is 51.6. The Morgan fingerprint density at radius 2 is 0.978 bits per heavy atom. The molecule has 0 bridgehead atoms. The second-order valence-corrected chi connectivity index (χ2v) is 22.9. The number of carbonyl (C=O) groups excluding carboxylic acids is 11. The molecule has 1 saturated heterocycles. The number of carboxylic acid groups (broad SMARTS) is 3. The number of thioether (sulfide) groups is 1. The number of aromatic amines is 2. The Balaban J connectivity index is 1.44. The first-order valence-electron chi connectivity index (χ1n) is 29.7. The number of aromatic nitrogens is 3. The van der Waals surface area contributed by atoms with Gasteiger partial charge in [0.15, 0.2) is 0 Å². The number of primary amides is 2. The van der Waals surface area contributed by atoms with Crippen LogP contribution in [0.15, 0.2) is 73.3 Å². The number of nitrogens with two attached hydrogens (primary N) is 2. The van der Waals surface area contributed by atoms with Crippen molar-refractivity contribution < 1.29 is 87.5 Å². The van der Waals surface area contributed by atoms with Gasteiger partial charge in [-0.3, -0.25) is 62.3 Å². The van der Waals surface area contributed by atoms with E-state index < -0.39 is 201 Å². The smallest absolute Gasteiger partial charge is 0.328 e. The Morgan fingerprint density at radius 3 is 1.42 bits per heavy atom. The van der Waals surface area contributed by atoms with Crippen LogP contribution in [0.2, 0.25) is 0 Å². The maximum Gasteiger partial charge on any atom is 0.328 e. The summed E-state index contributed by atoms with van der Waals surface area (Å²) in [6.07, 6.45) is 1.78. The quantitative estimate of drug-likeness (QED) is 0.0202. The number of aliphatic hydroxyl groups excluding tert-OH is 1. The van der Waals surface area contributed by atoms with Crippen molar-refractivity contribution in [3.63, 3.8) is 0 Å². The fraction of sp³-hybridized carbons (Fsp3) is 0.475. The first-order chi connectivity index (χ1) is 44.3.